The SMILES string of the molecule is CN(C)CCC(O)(C1=CCCS1)c1cc(Br)cc2cc(Cc3ccccc3)c(Cl)nc12. The smallest absolute Gasteiger partial charge is 0.133 e. The number of aromatic nitrogens is 1. The maximum absolute atomic E-state index is 12.0. The van der Waals surface area contributed by atoms with E-state index in [9.17, 15) is 5.11 Å². The van der Waals surface area contributed by atoms with Crippen molar-refractivity contribution in [2.75, 3.05) is 26.4 Å². The lowest BCUT2D eigenvalue weighted by atomic mass is 9.87. The van der Waals surface area contributed by atoms with Crippen molar-refractivity contribution in [3.8, 4) is 0 Å². The van der Waals surface area contributed by atoms with Crippen molar-refractivity contribution in [2.24, 2.45) is 0 Å². The molecule has 0 saturated carbocycles. The summed E-state index contributed by atoms with van der Waals surface area (Å²) in [5, 5.41) is 13.5. The predicted molar refractivity (Wildman–Crippen MR) is 136 cm³/mol. The molecule has 1 N–H and O–H groups in total. The summed E-state index contributed by atoms with van der Waals surface area (Å²) in [5.74, 6) is 1.00. The summed E-state index contributed by atoms with van der Waals surface area (Å²) >= 11 is 12.1. The van der Waals surface area contributed by atoms with Gasteiger partial charge in [0.05, 0.1) is 5.52 Å². The molecular weight excluding hydrogens is 492 g/mol. The first-order chi connectivity index (χ1) is 14.9. The molecule has 3 nitrogen and oxygen atoms in total. The molecule has 162 valence electrons. The number of thioether (sulfide) groups is 1. The number of hydrogen-bond acceptors (Lipinski definition) is 4. The molecule has 1 aliphatic rings. The Bertz CT molecular complexity index is 1120. The van der Waals surface area contributed by atoms with E-state index in [0.29, 0.717) is 11.6 Å². The lowest BCUT2D eigenvalue weighted by Gasteiger charge is -2.32. The number of aliphatic hydroxyl groups is 1. The van der Waals surface area contributed by atoms with E-state index in [1.54, 1.807) is 11.8 Å². The maximum atomic E-state index is 12.0. The Labute approximate surface area is 201 Å². The van der Waals surface area contributed by atoms with Gasteiger partial charge in [0, 0.05) is 39.0 Å². The number of halogens is 2. The molecule has 1 atom stereocenters. The highest BCUT2D eigenvalue weighted by Crippen LogP contribution is 2.46. The summed E-state index contributed by atoms with van der Waals surface area (Å²) < 4.78 is 0.927. The summed E-state index contributed by atoms with van der Waals surface area (Å²) in [6.45, 7) is 0.766. The van der Waals surface area contributed by atoms with Crippen LogP contribution in [0.1, 0.15) is 29.5 Å². The average molecular weight is 518 g/mol. The van der Waals surface area contributed by atoms with Gasteiger partial charge < -0.3 is 10.0 Å². The Kier molecular flexibility index (Phi) is 7.09. The lowest BCUT2D eigenvalue weighted by Crippen LogP contribution is -2.32. The van der Waals surface area contributed by atoms with Gasteiger partial charge in [0.25, 0.3) is 0 Å². The number of pyridine rings is 1. The molecule has 6 heteroatoms. The molecule has 31 heavy (non-hydrogen) atoms. The molecule has 4 rings (SSSR count). The normalized spacial score (nSPS) is 16.0. The average Bonchev–Trinajstić information content (AvgIpc) is 3.29. The van der Waals surface area contributed by atoms with E-state index in [-0.39, 0.29) is 0 Å². The van der Waals surface area contributed by atoms with Gasteiger partial charge in [-0.05, 0) is 56.3 Å². The summed E-state index contributed by atoms with van der Waals surface area (Å²) in [5.41, 5.74) is 2.66. The second kappa shape index (κ2) is 9.63. The van der Waals surface area contributed by atoms with Crippen LogP contribution in [0.15, 0.2) is 64.0 Å². The van der Waals surface area contributed by atoms with Crippen LogP contribution in [-0.2, 0) is 12.0 Å². The molecule has 1 aliphatic heterocycles. The molecule has 0 saturated heterocycles. The predicted octanol–water partition coefficient (Wildman–Crippen LogP) is 6.40. The minimum absolute atomic E-state index is 0.489. The first-order valence-corrected chi connectivity index (χ1v) is 12.6. The van der Waals surface area contributed by atoms with Gasteiger partial charge in [0.15, 0.2) is 0 Å². The number of rotatable bonds is 7. The molecule has 0 spiro atoms. The largest absolute Gasteiger partial charge is 0.380 e. The molecule has 2 heterocycles. The molecule has 3 aromatic rings. The van der Waals surface area contributed by atoms with Crippen LogP contribution in [0.5, 0.6) is 0 Å². The van der Waals surface area contributed by atoms with Crippen molar-refractivity contribution in [1.82, 2.24) is 9.88 Å². The number of fused-ring (bicyclic) bond motifs is 1. The highest BCUT2D eigenvalue weighted by Gasteiger charge is 2.37. The van der Waals surface area contributed by atoms with Crippen molar-refractivity contribution in [2.45, 2.75) is 24.9 Å². The van der Waals surface area contributed by atoms with Crippen molar-refractivity contribution in [1.29, 1.82) is 0 Å². The van der Waals surface area contributed by atoms with Gasteiger partial charge in [-0.15, -0.1) is 11.8 Å². The second-order valence-electron chi connectivity index (χ2n) is 8.24. The monoisotopic (exact) mass is 516 g/mol. The first kappa shape index (κ1) is 22.8. The Morgan fingerprint density at radius 2 is 1.97 bits per heavy atom. The van der Waals surface area contributed by atoms with Crippen LogP contribution < -0.4 is 0 Å². The van der Waals surface area contributed by atoms with E-state index < -0.39 is 5.60 Å². The molecule has 0 fully saturated rings. The minimum Gasteiger partial charge on any atom is -0.380 e. The third kappa shape index (κ3) is 5.01. The molecular formula is C25H26BrClN2OS. The van der Waals surface area contributed by atoms with Gasteiger partial charge in [-0.1, -0.05) is 63.9 Å². The number of allylic oxidation sites excluding steroid dienone is 1. The standard InChI is InChI=1S/C25H26BrClN2OS/c1-29(2)11-10-25(30,22-9-6-12-31-22)21-16-20(26)15-18-14-19(24(27)28-23(18)21)13-17-7-4-3-5-8-17/h3-5,7-9,14-16,30H,6,10-13H2,1-2H3. The maximum Gasteiger partial charge on any atom is 0.133 e. The Balaban J connectivity index is 1.84. The summed E-state index contributed by atoms with van der Waals surface area (Å²) in [4.78, 5) is 7.93. The van der Waals surface area contributed by atoms with Crippen LogP contribution in [0.25, 0.3) is 10.9 Å². The molecule has 0 bridgehead atoms. The summed E-state index contributed by atoms with van der Waals surface area (Å²) in [7, 11) is 4.06. The van der Waals surface area contributed by atoms with E-state index >= 15 is 0 Å². The fourth-order valence-electron chi connectivity index (χ4n) is 4.01. The van der Waals surface area contributed by atoms with Crippen LogP contribution >= 0.6 is 39.3 Å². The molecule has 2 aromatic carbocycles. The minimum atomic E-state index is -1.09. The highest BCUT2D eigenvalue weighted by atomic mass is 79.9. The van der Waals surface area contributed by atoms with Crippen LogP contribution in [0, 0.1) is 0 Å². The molecule has 0 amide bonds. The topological polar surface area (TPSA) is 36.4 Å². The van der Waals surface area contributed by atoms with Gasteiger partial charge in [-0.2, -0.15) is 0 Å². The Morgan fingerprint density at radius 1 is 1.19 bits per heavy atom. The number of hydrogen-bond donors (Lipinski definition) is 1. The van der Waals surface area contributed by atoms with Gasteiger partial charge in [-0.3, -0.25) is 0 Å². The van der Waals surface area contributed by atoms with Crippen LogP contribution in [0.4, 0.5) is 0 Å². The first-order valence-electron chi connectivity index (χ1n) is 10.4. The highest BCUT2D eigenvalue weighted by molar-refractivity contribution is 9.10. The van der Waals surface area contributed by atoms with Gasteiger partial charge in [0.2, 0.25) is 0 Å². The molecule has 0 radical (unpaired) electrons. The Morgan fingerprint density at radius 3 is 2.65 bits per heavy atom. The fraction of sp³-hybridized carbons (Fsp3) is 0.320. The Hall–Kier alpha value is -1.37. The summed E-state index contributed by atoms with van der Waals surface area (Å²) in [6.07, 6.45) is 4.45. The van der Waals surface area contributed by atoms with Crippen LogP contribution in [0.2, 0.25) is 5.15 Å². The molecule has 1 unspecified atom stereocenters. The van der Waals surface area contributed by atoms with E-state index in [2.05, 4.69) is 51.2 Å². The van der Waals surface area contributed by atoms with Gasteiger partial charge in [0.1, 0.15) is 10.8 Å². The van der Waals surface area contributed by atoms with Crippen LogP contribution in [0.3, 0.4) is 0 Å². The number of nitrogens with zero attached hydrogens (tertiary/aromatic N) is 2. The van der Waals surface area contributed by atoms with Gasteiger partial charge >= 0.3 is 0 Å². The van der Waals surface area contributed by atoms with Gasteiger partial charge in [-0.25, -0.2) is 4.98 Å². The summed E-state index contributed by atoms with van der Waals surface area (Å²) in [6, 6.07) is 16.4. The van der Waals surface area contributed by atoms with E-state index in [1.807, 2.05) is 38.4 Å². The second-order valence-corrected chi connectivity index (χ2v) is 10.7. The third-order valence-electron chi connectivity index (χ3n) is 5.63. The third-order valence-corrected chi connectivity index (χ3v) is 7.67. The molecule has 0 aliphatic carbocycles. The zero-order chi connectivity index (χ0) is 22.0. The van der Waals surface area contributed by atoms with Crippen molar-refractivity contribution in [3.63, 3.8) is 0 Å². The van der Waals surface area contributed by atoms with Crippen molar-refractivity contribution in [3.05, 3.63) is 85.8 Å². The van der Waals surface area contributed by atoms with E-state index in [0.717, 1.165) is 56.5 Å². The lowest BCUT2D eigenvalue weighted by molar-refractivity contribution is 0.0685. The van der Waals surface area contributed by atoms with Crippen molar-refractivity contribution < 1.29 is 5.11 Å². The van der Waals surface area contributed by atoms with Crippen LogP contribution in [-0.4, -0.2) is 41.4 Å². The molecule has 1 aromatic heterocycles. The zero-order valence-corrected chi connectivity index (χ0v) is 20.9. The quantitative estimate of drug-likeness (QED) is 0.368. The zero-order valence-electron chi connectivity index (χ0n) is 17.7. The fourth-order valence-corrected chi connectivity index (χ4v) is 5.83. The van der Waals surface area contributed by atoms with E-state index in [1.165, 1.54) is 5.56 Å². The van der Waals surface area contributed by atoms with E-state index in [4.69, 9.17) is 16.6 Å². The van der Waals surface area contributed by atoms with Crippen molar-refractivity contribution >= 4 is 50.2 Å². The number of benzene rings is 2.